The standard InChI is InChI=1S/C11H17F3N2O3S/c12-11(13,14)8-15-4-5-16(6-10(15)17)20(18,19)7-9-2-1-3-9/h9H,1-8H2. The van der Waals surface area contributed by atoms with E-state index in [4.69, 9.17) is 0 Å². The van der Waals surface area contributed by atoms with Crippen molar-refractivity contribution in [2.75, 3.05) is 31.9 Å². The molecule has 0 aromatic rings. The van der Waals surface area contributed by atoms with Gasteiger partial charge in [0, 0.05) is 13.1 Å². The van der Waals surface area contributed by atoms with E-state index in [1.165, 1.54) is 0 Å². The Morgan fingerprint density at radius 3 is 2.30 bits per heavy atom. The van der Waals surface area contributed by atoms with Gasteiger partial charge < -0.3 is 4.90 Å². The van der Waals surface area contributed by atoms with Gasteiger partial charge in [-0.1, -0.05) is 6.42 Å². The molecule has 1 heterocycles. The van der Waals surface area contributed by atoms with Crippen LogP contribution in [0.15, 0.2) is 0 Å². The maximum atomic E-state index is 12.2. The first-order valence-electron chi connectivity index (χ1n) is 6.50. The van der Waals surface area contributed by atoms with Crippen LogP contribution in [0.2, 0.25) is 0 Å². The molecule has 1 amide bonds. The van der Waals surface area contributed by atoms with Gasteiger partial charge in [-0.3, -0.25) is 4.79 Å². The fourth-order valence-corrected chi connectivity index (χ4v) is 4.18. The van der Waals surface area contributed by atoms with Gasteiger partial charge in [0.2, 0.25) is 15.9 Å². The number of sulfonamides is 1. The third-order valence-corrected chi connectivity index (χ3v) is 5.71. The summed E-state index contributed by atoms with van der Waals surface area (Å²) in [5, 5.41) is 0. The Morgan fingerprint density at radius 1 is 1.20 bits per heavy atom. The van der Waals surface area contributed by atoms with Gasteiger partial charge in [-0.2, -0.15) is 17.5 Å². The number of hydrogen-bond donors (Lipinski definition) is 0. The average Bonchev–Trinajstić information content (AvgIpc) is 2.25. The van der Waals surface area contributed by atoms with E-state index < -0.39 is 35.2 Å². The molecule has 1 aliphatic carbocycles. The maximum absolute atomic E-state index is 12.2. The van der Waals surface area contributed by atoms with Crippen molar-refractivity contribution in [3.63, 3.8) is 0 Å². The zero-order valence-electron chi connectivity index (χ0n) is 10.9. The van der Waals surface area contributed by atoms with Crippen LogP contribution in [0.5, 0.6) is 0 Å². The van der Waals surface area contributed by atoms with Crippen LogP contribution in [-0.2, 0) is 14.8 Å². The van der Waals surface area contributed by atoms with Crippen molar-refractivity contribution >= 4 is 15.9 Å². The van der Waals surface area contributed by atoms with Crippen molar-refractivity contribution in [3.05, 3.63) is 0 Å². The average molecular weight is 314 g/mol. The molecule has 0 atom stereocenters. The lowest BCUT2D eigenvalue weighted by atomic mass is 9.87. The van der Waals surface area contributed by atoms with Gasteiger partial charge in [0.15, 0.2) is 0 Å². The molecule has 5 nitrogen and oxygen atoms in total. The molecule has 2 aliphatic rings. The number of halogens is 3. The molecule has 9 heteroatoms. The van der Waals surface area contributed by atoms with Gasteiger partial charge >= 0.3 is 6.18 Å². The van der Waals surface area contributed by atoms with E-state index in [0.717, 1.165) is 23.6 Å². The first-order valence-corrected chi connectivity index (χ1v) is 8.11. The monoisotopic (exact) mass is 314 g/mol. The SMILES string of the molecule is O=C1CN(S(=O)(=O)CC2CCC2)CCN1CC(F)(F)F. The van der Waals surface area contributed by atoms with Crippen LogP contribution in [0, 0.1) is 5.92 Å². The van der Waals surface area contributed by atoms with Crippen LogP contribution in [0.25, 0.3) is 0 Å². The Kier molecular flexibility index (Phi) is 4.29. The van der Waals surface area contributed by atoms with Crippen LogP contribution in [0.4, 0.5) is 13.2 Å². The fraction of sp³-hybridized carbons (Fsp3) is 0.909. The molecular formula is C11H17F3N2O3S. The molecule has 0 radical (unpaired) electrons. The predicted octanol–water partition coefficient (Wildman–Crippen LogP) is 0.823. The van der Waals surface area contributed by atoms with Crippen molar-refractivity contribution in [1.29, 1.82) is 0 Å². The summed E-state index contributed by atoms with van der Waals surface area (Å²) in [5.74, 6) is -0.659. The third-order valence-electron chi connectivity index (χ3n) is 3.72. The summed E-state index contributed by atoms with van der Waals surface area (Å²) in [7, 11) is -3.54. The van der Waals surface area contributed by atoms with E-state index in [2.05, 4.69) is 0 Å². The number of amides is 1. The van der Waals surface area contributed by atoms with Gasteiger partial charge in [0.25, 0.3) is 0 Å². The summed E-state index contributed by atoms with van der Waals surface area (Å²) in [4.78, 5) is 12.3. The predicted molar refractivity (Wildman–Crippen MR) is 65.3 cm³/mol. The van der Waals surface area contributed by atoms with Crippen LogP contribution in [0.1, 0.15) is 19.3 Å². The number of carbonyl (C=O) groups is 1. The largest absolute Gasteiger partial charge is 0.406 e. The smallest absolute Gasteiger partial charge is 0.331 e. The molecule has 0 aromatic carbocycles. The first kappa shape index (κ1) is 15.6. The van der Waals surface area contributed by atoms with Gasteiger partial charge in [-0.25, -0.2) is 8.42 Å². The lowest BCUT2D eigenvalue weighted by Crippen LogP contribution is -2.55. The quantitative estimate of drug-likeness (QED) is 0.772. The van der Waals surface area contributed by atoms with Crippen molar-refractivity contribution < 1.29 is 26.4 Å². The molecule has 1 aliphatic heterocycles. The van der Waals surface area contributed by atoms with E-state index >= 15 is 0 Å². The molecule has 0 bridgehead atoms. The fourth-order valence-electron chi connectivity index (χ4n) is 2.37. The molecule has 0 unspecified atom stereocenters. The van der Waals surface area contributed by atoms with Crippen molar-refractivity contribution in [1.82, 2.24) is 9.21 Å². The second-order valence-electron chi connectivity index (χ2n) is 5.34. The van der Waals surface area contributed by atoms with Crippen molar-refractivity contribution in [2.24, 2.45) is 5.92 Å². The van der Waals surface area contributed by atoms with Gasteiger partial charge in [-0.15, -0.1) is 0 Å². The normalized spacial score (nSPS) is 22.9. The number of alkyl halides is 3. The minimum Gasteiger partial charge on any atom is -0.331 e. The molecule has 1 saturated carbocycles. The summed E-state index contributed by atoms with van der Waals surface area (Å²) in [6, 6.07) is 0. The van der Waals surface area contributed by atoms with Crippen LogP contribution >= 0.6 is 0 Å². The Hall–Kier alpha value is -0.830. The Balaban J connectivity index is 1.92. The lowest BCUT2D eigenvalue weighted by molar-refractivity contribution is -0.164. The van der Waals surface area contributed by atoms with Gasteiger partial charge in [0.1, 0.15) is 6.54 Å². The Morgan fingerprint density at radius 2 is 1.85 bits per heavy atom. The Bertz CT molecular complexity index is 474. The number of hydrogen-bond acceptors (Lipinski definition) is 3. The molecule has 0 aromatic heterocycles. The maximum Gasteiger partial charge on any atom is 0.406 e. The minimum absolute atomic E-state index is 0.000446. The van der Waals surface area contributed by atoms with E-state index in [0.29, 0.717) is 4.90 Å². The highest BCUT2D eigenvalue weighted by Gasteiger charge is 2.38. The third kappa shape index (κ3) is 3.85. The van der Waals surface area contributed by atoms with E-state index in [1.807, 2.05) is 0 Å². The van der Waals surface area contributed by atoms with Crippen molar-refractivity contribution in [2.45, 2.75) is 25.4 Å². The summed E-state index contributed by atoms with van der Waals surface area (Å²) >= 11 is 0. The minimum atomic E-state index is -4.46. The van der Waals surface area contributed by atoms with E-state index in [-0.39, 0.29) is 24.8 Å². The molecular weight excluding hydrogens is 297 g/mol. The lowest BCUT2D eigenvalue weighted by Gasteiger charge is -2.35. The zero-order valence-corrected chi connectivity index (χ0v) is 11.7. The second-order valence-corrected chi connectivity index (χ2v) is 7.35. The summed E-state index contributed by atoms with van der Waals surface area (Å²) in [6.07, 6.45) is -1.72. The highest BCUT2D eigenvalue weighted by Crippen LogP contribution is 2.29. The second kappa shape index (κ2) is 5.51. The van der Waals surface area contributed by atoms with Gasteiger partial charge in [-0.05, 0) is 18.8 Å². The Labute approximate surface area is 115 Å². The molecule has 0 N–H and O–H groups in total. The van der Waals surface area contributed by atoms with Crippen LogP contribution < -0.4 is 0 Å². The van der Waals surface area contributed by atoms with Crippen LogP contribution in [-0.4, -0.2) is 61.6 Å². The molecule has 2 fully saturated rings. The van der Waals surface area contributed by atoms with E-state index in [1.54, 1.807) is 0 Å². The highest BCUT2D eigenvalue weighted by molar-refractivity contribution is 7.89. The molecule has 0 spiro atoms. The van der Waals surface area contributed by atoms with E-state index in [9.17, 15) is 26.4 Å². The number of piperazine rings is 1. The summed E-state index contributed by atoms with van der Waals surface area (Å²) in [6.45, 7) is -2.06. The number of rotatable bonds is 4. The molecule has 20 heavy (non-hydrogen) atoms. The topological polar surface area (TPSA) is 57.7 Å². The molecule has 116 valence electrons. The van der Waals surface area contributed by atoms with Crippen LogP contribution in [0.3, 0.4) is 0 Å². The number of nitrogens with zero attached hydrogens (tertiary/aromatic N) is 2. The molecule has 1 saturated heterocycles. The van der Waals surface area contributed by atoms with Gasteiger partial charge in [0.05, 0.1) is 12.3 Å². The number of carbonyl (C=O) groups excluding carboxylic acids is 1. The van der Waals surface area contributed by atoms with Crippen molar-refractivity contribution in [3.8, 4) is 0 Å². The summed E-state index contributed by atoms with van der Waals surface area (Å²) in [5.41, 5.74) is 0. The highest BCUT2D eigenvalue weighted by atomic mass is 32.2. The zero-order chi connectivity index (χ0) is 15.0. The summed E-state index contributed by atoms with van der Waals surface area (Å²) < 4.78 is 61.9. The molecule has 2 rings (SSSR count). The first-order chi connectivity index (χ1) is 9.17.